The molecule has 0 aliphatic carbocycles. The molecule has 0 amide bonds. The number of halogens is 3. The van der Waals surface area contributed by atoms with Crippen LogP contribution in [0, 0.1) is 23.4 Å². The molecule has 2 unspecified atom stereocenters. The molecule has 29 heavy (non-hydrogen) atoms. The van der Waals surface area contributed by atoms with Crippen LogP contribution >= 0.6 is 0 Å². The van der Waals surface area contributed by atoms with Crippen LogP contribution in [0.15, 0.2) is 30.3 Å². The van der Waals surface area contributed by atoms with Gasteiger partial charge in [-0.2, -0.15) is 0 Å². The molecule has 1 aliphatic rings. The Kier molecular flexibility index (Phi) is 7.77. The fourth-order valence-corrected chi connectivity index (χ4v) is 4.18. The van der Waals surface area contributed by atoms with Crippen molar-refractivity contribution in [2.24, 2.45) is 5.92 Å². The van der Waals surface area contributed by atoms with Crippen molar-refractivity contribution < 1.29 is 17.9 Å². The van der Waals surface area contributed by atoms with E-state index in [1.807, 2.05) is 0 Å². The van der Waals surface area contributed by atoms with Gasteiger partial charge in [0.05, 0.1) is 12.7 Å². The van der Waals surface area contributed by atoms with Gasteiger partial charge in [0.25, 0.3) is 0 Å². The molecule has 0 spiro atoms. The number of benzene rings is 2. The van der Waals surface area contributed by atoms with Crippen LogP contribution in [0.3, 0.4) is 0 Å². The van der Waals surface area contributed by atoms with E-state index in [4.69, 9.17) is 4.74 Å². The highest BCUT2D eigenvalue weighted by Gasteiger charge is 2.24. The first kappa shape index (κ1) is 21.9. The fourth-order valence-electron chi connectivity index (χ4n) is 4.18. The van der Waals surface area contributed by atoms with Gasteiger partial charge in [-0.3, -0.25) is 0 Å². The first-order chi connectivity index (χ1) is 14.0. The van der Waals surface area contributed by atoms with Crippen molar-refractivity contribution in [2.45, 2.75) is 71.3 Å². The molecule has 0 saturated carbocycles. The molecular formula is C25H31F3O. The number of hydrogen-bond donors (Lipinski definition) is 0. The molecular weight excluding hydrogens is 373 g/mol. The molecule has 0 radical (unpaired) electrons. The number of ether oxygens (including phenoxy) is 1. The third-order valence-electron chi connectivity index (χ3n) is 6.03. The number of hydrogen-bond acceptors (Lipinski definition) is 1. The Bertz CT molecular complexity index is 810. The van der Waals surface area contributed by atoms with E-state index in [1.165, 1.54) is 56.4 Å². The van der Waals surface area contributed by atoms with Crippen LogP contribution in [0.1, 0.15) is 76.0 Å². The second-order valence-corrected chi connectivity index (χ2v) is 8.11. The Morgan fingerprint density at radius 2 is 1.69 bits per heavy atom. The summed E-state index contributed by atoms with van der Waals surface area (Å²) in [5.41, 5.74) is 1.10. The van der Waals surface area contributed by atoms with Crippen LogP contribution in [0.4, 0.5) is 13.2 Å². The molecule has 2 aromatic rings. The summed E-state index contributed by atoms with van der Waals surface area (Å²) in [5, 5.41) is 0. The van der Waals surface area contributed by atoms with Crippen LogP contribution in [0.2, 0.25) is 0 Å². The van der Waals surface area contributed by atoms with Crippen molar-refractivity contribution in [3.05, 3.63) is 58.9 Å². The van der Waals surface area contributed by atoms with Gasteiger partial charge < -0.3 is 4.74 Å². The van der Waals surface area contributed by atoms with Crippen LogP contribution in [-0.4, -0.2) is 6.61 Å². The molecule has 0 aromatic heterocycles. The normalized spacial score (nSPS) is 19.5. The van der Waals surface area contributed by atoms with Crippen molar-refractivity contribution in [3.63, 3.8) is 0 Å². The zero-order valence-electron chi connectivity index (χ0n) is 17.4. The average Bonchev–Trinajstić information content (AvgIpc) is 2.74. The molecule has 3 rings (SSSR count). The summed E-state index contributed by atoms with van der Waals surface area (Å²) in [6.07, 6.45) is 8.45. The molecule has 0 bridgehead atoms. The smallest absolute Gasteiger partial charge is 0.167 e. The Balaban J connectivity index is 1.66. The van der Waals surface area contributed by atoms with Gasteiger partial charge in [0.15, 0.2) is 11.6 Å². The maximum Gasteiger partial charge on any atom is 0.167 e. The number of unbranched alkanes of at least 4 members (excludes halogenated alkanes) is 3. The predicted molar refractivity (Wildman–Crippen MR) is 111 cm³/mol. The Morgan fingerprint density at radius 3 is 2.34 bits per heavy atom. The first-order valence-electron chi connectivity index (χ1n) is 10.9. The molecule has 1 heterocycles. The zero-order chi connectivity index (χ0) is 20.8. The van der Waals surface area contributed by atoms with E-state index < -0.39 is 17.5 Å². The summed E-state index contributed by atoms with van der Waals surface area (Å²) in [6, 6.07) is 7.69. The van der Waals surface area contributed by atoms with E-state index in [1.54, 1.807) is 13.0 Å². The van der Waals surface area contributed by atoms with E-state index in [2.05, 4.69) is 6.92 Å². The van der Waals surface area contributed by atoms with Crippen LogP contribution in [0.5, 0.6) is 0 Å². The van der Waals surface area contributed by atoms with Crippen molar-refractivity contribution in [1.82, 2.24) is 0 Å². The summed E-state index contributed by atoms with van der Waals surface area (Å²) >= 11 is 0. The van der Waals surface area contributed by atoms with Gasteiger partial charge in [-0.05, 0) is 48.8 Å². The summed E-state index contributed by atoms with van der Waals surface area (Å²) < 4.78 is 49.3. The van der Waals surface area contributed by atoms with Crippen molar-refractivity contribution in [1.29, 1.82) is 0 Å². The molecule has 158 valence electrons. The van der Waals surface area contributed by atoms with Crippen molar-refractivity contribution in [2.75, 3.05) is 6.61 Å². The topological polar surface area (TPSA) is 9.23 Å². The quantitative estimate of drug-likeness (QED) is 0.408. The van der Waals surface area contributed by atoms with E-state index in [-0.39, 0.29) is 17.2 Å². The van der Waals surface area contributed by atoms with Gasteiger partial charge in [-0.25, -0.2) is 13.2 Å². The predicted octanol–water partition coefficient (Wildman–Crippen LogP) is 7.77. The lowest BCUT2D eigenvalue weighted by molar-refractivity contribution is -0.0200. The Labute approximate surface area is 172 Å². The van der Waals surface area contributed by atoms with Gasteiger partial charge in [0.1, 0.15) is 5.82 Å². The Hall–Kier alpha value is -1.81. The molecule has 1 nitrogen and oxygen atoms in total. The number of rotatable bonds is 8. The van der Waals surface area contributed by atoms with Gasteiger partial charge in [0, 0.05) is 11.1 Å². The highest BCUT2D eigenvalue weighted by atomic mass is 19.2. The summed E-state index contributed by atoms with van der Waals surface area (Å²) in [6.45, 7) is 4.68. The fraction of sp³-hybridized carbons (Fsp3) is 0.520. The summed E-state index contributed by atoms with van der Waals surface area (Å²) in [7, 11) is 0. The first-order valence-corrected chi connectivity index (χ1v) is 10.9. The van der Waals surface area contributed by atoms with E-state index >= 15 is 0 Å². The minimum absolute atomic E-state index is 0.0412. The number of aryl methyl sites for hydroxylation is 1. The Morgan fingerprint density at radius 1 is 0.897 bits per heavy atom. The van der Waals surface area contributed by atoms with Gasteiger partial charge >= 0.3 is 0 Å². The van der Waals surface area contributed by atoms with E-state index in [0.29, 0.717) is 24.5 Å². The second-order valence-electron chi connectivity index (χ2n) is 8.11. The summed E-state index contributed by atoms with van der Waals surface area (Å²) in [5.74, 6) is -1.85. The molecule has 1 aliphatic heterocycles. The van der Waals surface area contributed by atoms with Crippen LogP contribution < -0.4 is 0 Å². The van der Waals surface area contributed by atoms with E-state index in [0.717, 1.165) is 18.4 Å². The second kappa shape index (κ2) is 10.3. The maximum atomic E-state index is 14.8. The molecule has 4 heteroatoms. The van der Waals surface area contributed by atoms with E-state index in [9.17, 15) is 13.2 Å². The molecule has 2 atom stereocenters. The van der Waals surface area contributed by atoms with Crippen LogP contribution in [-0.2, 0) is 11.2 Å². The highest BCUT2D eigenvalue weighted by molar-refractivity contribution is 5.66. The SMILES string of the molecule is CCCCCCC1CCC(c2ccc(-c3ccc(CC)c(F)c3F)c(F)c2)OC1. The third-order valence-corrected chi connectivity index (χ3v) is 6.03. The third kappa shape index (κ3) is 5.22. The molecule has 1 fully saturated rings. The van der Waals surface area contributed by atoms with Crippen molar-refractivity contribution >= 4 is 0 Å². The van der Waals surface area contributed by atoms with Crippen LogP contribution in [0.25, 0.3) is 11.1 Å². The maximum absolute atomic E-state index is 14.8. The van der Waals surface area contributed by atoms with Gasteiger partial charge in [-0.1, -0.05) is 63.8 Å². The molecule has 0 N–H and O–H groups in total. The minimum Gasteiger partial charge on any atom is -0.373 e. The zero-order valence-corrected chi connectivity index (χ0v) is 17.4. The minimum atomic E-state index is -0.990. The lowest BCUT2D eigenvalue weighted by atomic mass is 9.90. The largest absolute Gasteiger partial charge is 0.373 e. The van der Waals surface area contributed by atoms with Crippen molar-refractivity contribution in [3.8, 4) is 11.1 Å². The highest BCUT2D eigenvalue weighted by Crippen LogP contribution is 2.35. The average molecular weight is 405 g/mol. The lowest BCUT2D eigenvalue weighted by Gasteiger charge is -2.29. The molecule has 1 saturated heterocycles. The summed E-state index contributed by atoms with van der Waals surface area (Å²) in [4.78, 5) is 0. The van der Waals surface area contributed by atoms with Gasteiger partial charge in [-0.15, -0.1) is 0 Å². The standard InChI is InChI=1S/C25H31F3O/c1-3-5-6-7-8-17-9-14-23(29-16-17)19-11-12-20(22(26)15-19)21-13-10-18(4-2)24(27)25(21)28/h10-13,15,17,23H,3-9,14,16H2,1-2H3. The van der Waals surface area contributed by atoms with Gasteiger partial charge in [0.2, 0.25) is 0 Å². The lowest BCUT2D eigenvalue weighted by Crippen LogP contribution is -2.20. The molecule has 2 aromatic carbocycles. The monoisotopic (exact) mass is 404 g/mol.